The number of hydrogen-bond donors (Lipinski definition) is 1. The van der Waals surface area contributed by atoms with Gasteiger partial charge in [0, 0.05) is 5.56 Å². The Morgan fingerprint density at radius 3 is 2.38 bits per heavy atom. The van der Waals surface area contributed by atoms with Crippen molar-refractivity contribution in [3.05, 3.63) is 23.3 Å². The molecule has 0 aliphatic heterocycles. The van der Waals surface area contributed by atoms with Gasteiger partial charge in [0.2, 0.25) is 0 Å². The lowest BCUT2D eigenvalue weighted by Gasteiger charge is -2.14. The first-order valence-corrected chi connectivity index (χ1v) is 6.44. The number of rotatable bonds is 7. The Labute approximate surface area is 134 Å². The van der Waals surface area contributed by atoms with Gasteiger partial charge in [-0.2, -0.15) is 13.2 Å². The Balaban J connectivity index is 2.87. The lowest BCUT2D eigenvalue weighted by atomic mass is 10.1. The van der Waals surface area contributed by atoms with Crippen molar-refractivity contribution in [2.45, 2.75) is 6.18 Å². The third-order valence-electron chi connectivity index (χ3n) is 2.73. The average molecular weight is 349 g/mol. The number of benzene rings is 1. The molecular weight excluding hydrogens is 335 g/mol. The molecule has 0 aliphatic rings. The Hall–Kier alpha value is -2.78. The Morgan fingerprint density at radius 2 is 1.88 bits per heavy atom. The van der Waals surface area contributed by atoms with Gasteiger partial charge in [0.15, 0.2) is 24.4 Å². The maximum Gasteiger partial charge on any atom is 0.405 e. The molecule has 0 saturated carbocycles. The van der Waals surface area contributed by atoms with Gasteiger partial charge >= 0.3 is 12.1 Å². The summed E-state index contributed by atoms with van der Waals surface area (Å²) in [5.41, 5.74) is -0.385. The van der Waals surface area contributed by atoms with Crippen LogP contribution in [0.4, 0.5) is 13.2 Å². The third kappa shape index (κ3) is 5.14. The number of methoxy groups -OCH3 is 2. The zero-order chi connectivity index (χ0) is 18.3. The molecule has 0 unspecified atom stereocenters. The number of halogens is 3. The van der Waals surface area contributed by atoms with E-state index in [1.807, 2.05) is 0 Å². The number of esters is 1. The predicted molar refractivity (Wildman–Crippen MR) is 74.3 cm³/mol. The highest BCUT2D eigenvalue weighted by Crippen LogP contribution is 2.33. The van der Waals surface area contributed by atoms with Gasteiger partial charge in [-0.05, 0) is 12.1 Å². The highest BCUT2D eigenvalue weighted by Gasteiger charge is 2.28. The van der Waals surface area contributed by atoms with E-state index in [0.29, 0.717) is 6.29 Å². The fraction of sp³-hybridized carbons (Fsp3) is 0.357. The molecule has 0 saturated heterocycles. The summed E-state index contributed by atoms with van der Waals surface area (Å²) >= 11 is 0. The summed E-state index contributed by atoms with van der Waals surface area (Å²) in [6.45, 7) is -2.50. The van der Waals surface area contributed by atoms with Crippen molar-refractivity contribution in [3.63, 3.8) is 0 Å². The zero-order valence-electron chi connectivity index (χ0n) is 12.7. The number of nitrogens with one attached hydrogen (secondary N) is 1. The summed E-state index contributed by atoms with van der Waals surface area (Å²) < 4.78 is 50.5. The van der Waals surface area contributed by atoms with E-state index in [2.05, 4.69) is 4.74 Å². The van der Waals surface area contributed by atoms with Crippen LogP contribution in [0.1, 0.15) is 20.7 Å². The van der Waals surface area contributed by atoms with Gasteiger partial charge in [-0.15, -0.1) is 0 Å². The van der Waals surface area contributed by atoms with Gasteiger partial charge in [0.25, 0.3) is 5.91 Å². The standard InChI is InChI=1S/C14H14F3NO6/c1-22-9-4-3-8(5-19)11(12(9)23-2)13(21)24-6-10(20)18-7-14(15,16)17/h3-5H,6-7H2,1-2H3,(H,18,20). The smallest absolute Gasteiger partial charge is 0.405 e. The predicted octanol–water partition coefficient (Wildman–Crippen LogP) is 1.35. The van der Waals surface area contributed by atoms with Gasteiger partial charge in [-0.3, -0.25) is 9.59 Å². The largest absolute Gasteiger partial charge is 0.493 e. The molecule has 0 spiro atoms. The molecule has 1 aromatic rings. The molecule has 1 amide bonds. The minimum atomic E-state index is -4.58. The van der Waals surface area contributed by atoms with Crippen LogP contribution in [-0.4, -0.2) is 51.7 Å². The topological polar surface area (TPSA) is 90.9 Å². The molecule has 10 heteroatoms. The summed E-state index contributed by atoms with van der Waals surface area (Å²) in [7, 11) is 2.53. The van der Waals surface area contributed by atoms with Crippen LogP contribution in [0.25, 0.3) is 0 Å². The van der Waals surface area contributed by atoms with Crippen molar-refractivity contribution in [1.82, 2.24) is 5.32 Å². The van der Waals surface area contributed by atoms with Gasteiger partial charge in [-0.1, -0.05) is 0 Å². The molecule has 0 heterocycles. The van der Waals surface area contributed by atoms with Crippen LogP contribution in [0.2, 0.25) is 0 Å². The quantitative estimate of drug-likeness (QED) is 0.590. The SMILES string of the molecule is COc1ccc(C=O)c(C(=O)OCC(=O)NCC(F)(F)F)c1OC. The summed E-state index contributed by atoms with van der Waals surface area (Å²) in [5.74, 6) is -2.22. The van der Waals surface area contributed by atoms with Gasteiger partial charge < -0.3 is 19.5 Å². The molecular formula is C14H14F3NO6. The van der Waals surface area contributed by atoms with E-state index < -0.39 is 31.2 Å². The molecule has 0 aromatic heterocycles. The van der Waals surface area contributed by atoms with Crippen molar-refractivity contribution >= 4 is 18.2 Å². The van der Waals surface area contributed by atoms with Crippen LogP contribution in [-0.2, 0) is 9.53 Å². The summed E-state index contributed by atoms with van der Waals surface area (Å²) in [6, 6.07) is 2.66. The molecule has 1 N–H and O–H groups in total. The number of carbonyl (C=O) groups is 3. The number of ether oxygens (including phenoxy) is 3. The Kier molecular flexibility index (Phi) is 6.57. The van der Waals surface area contributed by atoms with Crippen LogP contribution in [0, 0.1) is 0 Å². The number of aldehydes is 1. The Morgan fingerprint density at radius 1 is 1.21 bits per heavy atom. The highest BCUT2D eigenvalue weighted by molar-refractivity contribution is 6.02. The van der Waals surface area contributed by atoms with E-state index >= 15 is 0 Å². The maximum atomic E-state index is 12.1. The van der Waals surface area contributed by atoms with Crippen molar-refractivity contribution in [2.24, 2.45) is 0 Å². The second-order valence-corrected chi connectivity index (χ2v) is 4.35. The van der Waals surface area contributed by atoms with Gasteiger partial charge in [0.1, 0.15) is 12.1 Å². The van der Waals surface area contributed by atoms with Crippen LogP contribution in [0.15, 0.2) is 12.1 Å². The van der Waals surface area contributed by atoms with Gasteiger partial charge in [0.05, 0.1) is 14.2 Å². The first-order chi connectivity index (χ1) is 11.2. The van der Waals surface area contributed by atoms with Crippen LogP contribution in [0.5, 0.6) is 11.5 Å². The second kappa shape index (κ2) is 8.18. The number of alkyl halides is 3. The average Bonchev–Trinajstić information content (AvgIpc) is 2.55. The molecule has 132 valence electrons. The molecule has 24 heavy (non-hydrogen) atoms. The third-order valence-corrected chi connectivity index (χ3v) is 2.73. The van der Waals surface area contributed by atoms with Crippen LogP contribution < -0.4 is 14.8 Å². The first-order valence-electron chi connectivity index (χ1n) is 6.44. The highest BCUT2D eigenvalue weighted by atomic mass is 19.4. The molecule has 1 aromatic carbocycles. The van der Waals surface area contributed by atoms with Crippen LogP contribution >= 0.6 is 0 Å². The molecule has 1 rings (SSSR count). The van der Waals surface area contributed by atoms with Crippen molar-refractivity contribution < 1.29 is 41.8 Å². The monoisotopic (exact) mass is 349 g/mol. The van der Waals surface area contributed by atoms with Crippen LogP contribution in [0.3, 0.4) is 0 Å². The summed E-state index contributed by atoms with van der Waals surface area (Å²) in [5, 5.41) is 1.54. The van der Waals surface area contributed by atoms with E-state index in [0.717, 1.165) is 0 Å². The maximum absolute atomic E-state index is 12.1. The fourth-order valence-electron chi connectivity index (χ4n) is 1.70. The molecule has 0 fully saturated rings. The van der Waals surface area contributed by atoms with Crippen molar-refractivity contribution in [1.29, 1.82) is 0 Å². The van der Waals surface area contributed by atoms with Crippen molar-refractivity contribution in [3.8, 4) is 11.5 Å². The normalized spacial score (nSPS) is 10.7. The van der Waals surface area contributed by atoms with E-state index in [9.17, 15) is 27.6 Å². The molecule has 0 bridgehead atoms. The van der Waals surface area contributed by atoms with E-state index in [-0.39, 0.29) is 22.6 Å². The lowest BCUT2D eigenvalue weighted by molar-refractivity contribution is -0.140. The van der Waals surface area contributed by atoms with E-state index in [4.69, 9.17) is 9.47 Å². The summed E-state index contributed by atoms with van der Waals surface area (Å²) in [4.78, 5) is 34.3. The number of hydrogen-bond acceptors (Lipinski definition) is 6. The second-order valence-electron chi connectivity index (χ2n) is 4.35. The fourth-order valence-corrected chi connectivity index (χ4v) is 1.70. The van der Waals surface area contributed by atoms with E-state index in [1.165, 1.54) is 26.4 Å². The zero-order valence-corrected chi connectivity index (χ0v) is 12.7. The first kappa shape index (κ1) is 19.3. The molecule has 0 aliphatic carbocycles. The van der Waals surface area contributed by atoms with Crippen molar-refractivity contribution in [2.75, 3.05) is 27.4 Å². The van der Waals surface area contributed by atoms with E-state index in [1.54, 1.807) is 5.32 Å². The molecule has 7 nitrogen and oxygen atoms in total. The lowest BCUT2D eigenvalue weighted by Crippen LogP contribution is -2.36. The van der Waals surface area contributed by atoms with Gasteiger partial charge in [-0.25, -0.2) is 4.79 Å². The molecule has 0 atom stereocenters. The number of carbonyl (C=O) groups excluding carboxylic acids is 3. The molecule has 0 radical (unpaired) electrons. The summed E-state index contributed by atoms with van der Waals surface area (Å²) in [6.07, 6.45) is -4.22. The number of amides is 1. The minimum absolute atomic E-state index is 0.0895. The minimum Gasteiger partial charge on any atom is -0.493 e. The Bertz CT molecular complexity index is 630.